The fourth-order valence-corrected chi connectivity index (χ4v) is 4.33. The summed E-state index contributed by atoms with van der Waals surface area (Å²) in [5.41, 5.74) is 9.17. The highest BCUT2D eigenvalue weighted by atomic mass is 35.5. The standard InChI is InChI=1S/C25H25Cl2N5O3/c1-13(28)12-29-16-7-4-14(5-8-16)25(33)30-24-17-9-6-15(10-18(17)31-32-24)21-22(26)19(34-2)11-20(35-3)23(21)27/h4-11,13,29H,12,28H2,1-3H3,(H2,30,31,32,33)/t13-/m1/s1. The van der Waals surface area contributed by atoms with Crippen molar-refractivity contribution in [3.63, 3.8) is 0 Å². The van der Waals surface area contributed by atoms with E-state index in [0.29, 0.717) is 50.6 Å². The number of nitrogens with zero attached hydrogens (tertiary/aromatic N) is 1. The van der Waals surface area contributed by atoms with E-state index in [0.717, 1.165) is 16.6 Å². The molecule has 0 fully saturated rings. The van der Waals surface area contributed by atoms with Crippen molar-refractivity contribution in [2.24, 2.45) is 5.73 Å². The normalized spacial score (nSPS) is 11.8. The Balaban J connectivity index is 1.59. The second-order valence-electron chi connectivity index (χ2n) is 8.01. The fourth-order valence-electron chi connectivity index (χ4n) is 3.61. The number of H-pyrrole nitrogens is 1. The van der Waals surface area contributed by atoms with Crippen LogP contribution in [0.25, 0.3) is 22.0 Å². The molecule has 0 unspecified atom stereocenters. The fraction of sp³-hybridized carbons (Fsp3) is 0.200. The molecule has 35 heavy (non-hydrogen) atoms. The van der Waals surface area contributed by atoms with Crippen LogP contribution in [-0.2, 0) is 0 Å². The molecule has 0 aliphatic carbocycles. The smallest absolute Gasteiger partial charge is 0.256 e. The largest absolute Gasteiger partial charge is 0.495 e. The highest BCUT2D eigenvalue weighted by molar-refractivity contribution is 6.41. The first-order valence-corrected chi connectivity index (χ1v) is 11.6. The van der Waals surface area contributed by atoms with E-state index >= 15 is 0 Å². The zero-order chi connectivity index (χ0) is 25.1. The van der Waals surface area contributed by atoms with Gasteiger partial charge in [-0.3, -0.25) is 9.89 Å². The van der Waals surface area contributed by atoms with E-state index < -0.39 is 0 Å². The zero-order valence-electron chi connectivity index (χ0n) is 19.4. The highest BCUT2D eigenvalue weighted by Gasteiger charge is 2.20. The third-order valence-corrected chi connectivity index (χ3v) is 6.18. The first-order chi connectivity index (χ1) is 16.8. The van der Waals surface area contributed by atoms with E-state index in [9.17, 15) is 4.79 Å². The summed E-state index contributed by atoms with van der Waals surface area (Å²) in [5.74, 6) is 1.03. The van der Waals surface area contributed by atoms with Crippen LogP contribution < -0.4 is 25.8 Å². The van der Waals surface area contributed by atoms with E-state index in [4.69, 9.17) is 38.4 Å². The molecule has 0 bridgehead atoms. The van der Waals surface area contributed by atoms with Crippen LogP contribution in [0.5, 0.6) is 11.5 Å². The van der Waals surface area contributed by atoms with Gasteiger partial charge in [0.25, 0.3) is 5.91 Å². The second kappa shape index (κ2) is 10.4. The van der Waals surface area contributed by atoms with E-state index in [1.54, 1.807) is 18.2 Å². The Morgan fingerprint density at radius 3 is 2.31 bits per heavy atom. The van der Waals surface area contributed by atoms with Crippen molar-refractivity contribution in [1.29, 1.82) is 0 Å². The number of rotatable bonds is 8. The molecule has 0 saturated heterocycles. The average molecular weight is 514 g/mol. The Morgan fingerprint density at radius 2 is 1.71 bits per heavy atom. The molecule has 0 aliphatic heterocycles. The number of carbonyl (C=O) groups is 1. The maximum atomic E-state index is 12.8. The maximum absolute atomic E-state index is 12.8. The second-order valence-corrected chi connectivity index (χ2v) is 8.76. The molecule has 4 aromatic rings. The van der Waals surface area contributed by atoms with Crippen LogP contribution in [0.1, 0.15) is 17.3 Å². The summed E-state index contributed by atoms with van der Waals surface area (Å²) in [5, 5.41) is 14.8. The van der Waals surface area contributed by atoms with Crippen LogP contribution in [0.3, 0.4) is 0 Å². The minimum atomic E-state index is -0.273. The van der Waals surface area contributed by atoms with Gasteiger partial charge in [0.05, 0.1) is 29.8 Å². The summed E-state index contributed by atoms with van der Waals surface area (Å²) in [4.78, 5) is 12.8. The molecule has 1 amide bonds. The van der Waals surface area contributed by atoms with Crippen molar-refractivity contribution in [3.8, 4) is 22.6 Å². The molecule has 182 valence electrons. The lowest BCUT2D eigenvalue weighted by molar-refractivity contribution is 0.102. The maximum Gasteiger partial charge on any atom is 0.256 e. The number of anilines is 2. The van der Waals surface area contributed by atoms with Gasteiger partial charge in [-0.25, -0.2) is 0 Å². The predicted molar refractivity (Wildman–Crippen MR) is 141 cm³/mol. The first kappa shape index (κ1) is 24.7. The lowest BCUT2D eigenvalue weighted by Gasteiger charge is -2.14. The van der Waals surface area contributed by atoms with Crippen molar-refractivity contribution in [3.05, 3.63) is 64.1 Å². The summed E-state index contributed by atoms with van der Waals surface area (Å²) in [6.45, 7) is 2.56. The molecule has 8 nitrogen and oxygen atoms in total. The number of hydrogen-bond acceptors (Lipinski definition) is 6. The molecule has 0 aliphatic rings. The van der Waals surface area contributed by atoms with E-state index in [1.165, 1.54) is 14.2 Å². The Hall–Kier alpha value is -3.46. The molecule has 4 rings (SSSR count). The molecule has 1 atom stereocenters. The van der Waals surface area contributed by atoms with Gasteiger partial charge in [0.15, 0.2) is 5.82 Å². The van der Waals surface area contributed by atoms with Crippen molar-refractivity contribution < 1.29 is 14.3 Å². The number of aromatic nitrogens is 2. The summed E-state index contributed by atoms with van der Waals surface area (Å²) >= 11 is 13.1. The van der Waals surface area contributed by atoms with Gasteiger partial charge in [-0.05, 0) is 48.9 Å². The van der Waals surface area contributed by atoms with Crippen LogP contribution in [0, 0.1) is 0 Å². The number of fused-ring (bicyclic) bond motifs is 1. The Labute approximate surface area is 212 Å². The van der Waals surface area contributed by atoms with Crippen LogP contribution >= 0.6 is 23.2 Å². The zero-order valence-corrected chi connectivity index (χ0v) is 20.9. The summed E-state index contributed by atoms with van der Waals surface area (Å²) < 4.78 is 10.7. The van der Waals surface area contributed by atoms with Gasteiger partial charge >= 0.3 is 0 Å². The molecule has 0 saturated carbocycles. The van der Waals surface area contributed by atoms with Gasteiger partial charge in [0, 0.05) is 40.9 Å². The Kier molecular flexibility index (Phi) is 7.35. The Morgan fingerprint density at radius 1 is 1.06 bits per heavy atom. The molecule has 10 heteroatoms. The predicted octanol–water partition coefficient (Wildman–Crippen LogP) is 5.57. The average Bonchev–Trinajstić information content (AvgIpc) is 3.25. The highest BCUT2D eigenvalue weighted by Crippen LogP contribution is 2.46. The summed E-state index contributed by atoms with van der Waals surface area (Å²) in [6.07, 6.45) is 0. The van der Waals surface area contributed by atoms with Gasteiger partial charge in [-0.1, -0.05) is 29.3 Å². The number of methoxy groups -OCH3 is 2. The van der Waals surface area contributed by atoms with E-state index in [-0.39, 0.29) is 11.9 Å². The number of benzene rings is 3. The van der Waals surface area contributed by atoms with Gasteiger partial charge in [0.2, 0.25) is 0 Å². The number of hydrogen-bond donors (Lipinski definition) is 4. The molecule has 3 aromatic carbocycles. The number of ether oxygens (including phenoxy) is 2. The molecule has 0 radical (unpaired) electrons. The van der Waals surface area contributed by atoms with Gasteiger partial charge in [0.1, 0.15) is 11.5 Å². The summed E-state index contributed by atoms with van der Waals surface area (Å²) in [6, 6.07) is 14.4. The number of aromatic amines is 1. The van der Waals surface area contributed by atoms with Crippen LogP contribution in [-0.4, -0.2) is 42.9 Å². The van der Waals surface area contributed by atoms with Gasteiger partial charge < -0.3 is 25.8 Å². The third kappa shape index (κ3) is 5.14. The molecule has 1 aromatic heterocycles. The molecule has 0 spiro atoms. The molecule has 1 heterocycles. The number of nitrogens with one attached hydrogen (secondary N) is 3. The van der Waals surface area contributed by atoms with Crippen LogP contribution in [0.4, 0.5) is 11.5 Å². The number of amides is 1. The number of carbonyl (C=O) groups excluding carboxylic acids is 1. The lowest BCUT2D eigenvalue weighted by atomic mass is 10.0. The Bertz CT molecular complexity index is 1340. The van der Waals surface area contributed by atoms with Gasteiger partial charge in [-0.2, -0.15) is 5.10 Å². The summed E-state index contributed by atoms with van der Waals surface area (Å²) in [7, 11) is 3.05. The molecule has 5 N–H and O–H groups in total. The minimum absolute atomic E-state index is 0.0319. The topological polar surface area (TPSA) is 114 Å². The quantitative estimate of drug-likeness (QED) is 0.245. The first-order valence-electron chi connectivity index (χ1n) is 10.8. The van der Waals surface area contributed by atoms with Crippen molar-refractivity contribution in [1.82, 2.24) is 10.2 Å². The molecular weight excluding hydrogens is 489 g/mol. The minimum Gasteiger partial charge on any atom is -0.495 e. The number of nitrogens with two attached hydrogens (primary N) is 1. The van der Waals surface area contributed by atoms with E-state index in [2.05, 4.69) is 20.8 Å². The van der Waals surface area contributed by atoms with Gasteiger partial charge in [-0.15, -0.1) is 0 Å². The van der Waals surface area contributed by atoms with Crippen molar-refractivity contribution >= 4 is 51.5 Å². The number of halogens is 2. The van der Waals surface area contributed by atoms with Crippen LogP contribution in [0.2, 0.25) is 10.0 Å². The monoisotopic (exact) mass is 513 g/mol. The molecular formula is C25H25Cl2N5O3. The van der Waals surface area contributed by atoms with Crippen molar-refractivity contribution in [2.45, 2.75) is 13.0 Å². The lowest BCUT2D eigenvalue weighted by Crippen LogP contribution is -2.25. The SMILES string of the molecule is COc1cc(OC)c(Cl)c(-c2ccc3c(NC(=O)c4ccc(NC[C@@H](C)N)cc4)n[nH]c3c2)c1Cl. The van der Waals surface area contributed by atoms with Crippen molar-refractivity contribution in [2.75, 3.05) is 31.4 Å². The third-order valence-electron chi connectivity index (χ3n) is 5.43. The van der Waals surface area contributed by atoms with Crippen LogP contribution in [0.15, 0.2) is 48.5 Å². The van der Waals surface area contributed by atoms with E-state index in [1.807, 2.05) is 37.3 Å².